The van der Waals surface area contributed by atoms with Crippen LogP contribution in [0, 0.1) is 5.92 Å². The van der Waals surface area contributed by atoms with Crippen LogP contribution >= 0.6 is 0 Å². The summed E-state index contributed by atoms with van der Waals surface area (Å²) in [6.07, 6.45) is 7.22. The van der Waals surface area contributed by atoms with Crippen LogP contribution in [0.4, 0.5) is 0 Å². The van der Waals surface area contributed by atoms with Crippen LogP contribution in [0.15, 0.2) is 48.5 Å². The van der Waals surface area contributed by atoms with Crippen molar-refractivity contribution in [3.8, 4) is 11.5 Å². The van der Waals surface area contributed by atoms with Crippen LogP contribution in [-0.2, 0) is 16.1 Å². The first-order valence-corrected chi connectivity index (χ1v) is 17.5. The number of benzene rings is 2. The Kier molecular flexibility index (Phi) is 11.9. The molecule has 1 aliphatic carbocycles. The predicted octanol–water partition coefficient (Wildman–Crippen LogP) is 4.17. The maximum Gasteiger partial charge on any atom is 0.251 e. The van der Waals surface area contributed by atoms with Crippen molar-refractivity contribution in [2.75, 3.05) is 46.8 Å². The Morgan fingerprint density at radius 1 is 1.02 bits per heavy atom. The maximum absolute atomic E-state index is 13.9. The number of aliphatic hydroxyl groups excluding tert-OH is 1. The van der Waals surface area contributed by atoms with E-state index in [-0.39, 0.29) is 23.6 Å². The van der Waals surface area contributed by atoms with Crippen LogP contribution in [0.3, 0.4) is 0 Å². The van der Waals surface area contributed by atoms with Crippen molar-refractivity contribution in [2.24, 2.45) is 5.92 Å². The third kappa shape index (κ3) is 8.52. The molecule has 0 unspecified atom stereocenters. The molecule has 3 amide bonds. The van der Waals surface area contributed by atoms with Gasteiger partial charge in [-0.15, -0.1) is 0 Å². The number of nitrogens with one attached hydrogen (secondary N) is 2. The summed E-state index contributed by atoms with van der Waals surface area (Å²) in [5.74, 6) is 1.11. The predicted molar refractivity (Wildman–Crippen MR) is 182 cm³/mol. The Labute approximate surface area is 279 Å². The molecule has 3 fully saturated rings. The third-order valence-electron chi connectivity index (χ3n) is 10.2. The molecule has 256 valence electrons. The molecule has 2 heterocycles. The third-order valence-corrected chi connectivity index (χ3v) is 10.2. The molecule has 2 aliphatic heterocycles. The first-order chi connectivity index (χ1) is 22.7. The molecular weight excluding hydrogens is 594 g/mol. The lowest BCUT2D eigenvalue weighted by molar-refractivity contribution is -0.166. The highest BCUT2D eigenvalue weighted by Gasteiger charge is 2.55. The lowest BCUT2D eigenvalue weighted by Gasteiger charge is -2.52. The number of likely N-dealkylation sites (tertiary alicyclic amines) is 1. The van der Waals surface area contributed by atoms with E-state index in [0.717, 1.165) is 57.2 Å². The van der Waals surface area contributed by atoms with Gasteiger partial charge in [-0.3, -0.25) is 19.3 Å². The van der Waals surface area contributed by atoms with Crippen molar-refractivity contribution >= 4 is 17.7 Å². The molecule has 2 atom stereocenters. The zero-order valence-electron chi connectivity index (χ0n) is 28.4. The average Bonchev–Trinajstić information content (AvgIpc) is 3.08. The molecule has 3 aliphatic rings. The van der Waals surface area contributed by atoms with Gasteiger partial charge in [0.05, 0.1) is 6.10 Å². The van der Waals surface area contributed by atoms with E-state index in [2.05, 4.69) is 22.5 Å². The van der Waals surface area contributed by atoms with Crippen LogP contribution in [0.5, 0.6) is 11.5 Å². The Hall–Kier alpha value is -3.47. The van der Waals surface area contributed by atoms with E-state index in [1.165, 1.54) is 6.42 Å². The Bertz CT molecular complexity index is 1330. The molecule has 2 aromatic carbocycles. The first kappa shape index (κ1) is 34.9. The standard InChI is InChI=1S/C37H53N5O5/c1-4-5-22-42-35(45)32(33(43)28-9-7-6-8-10-28)39-36(46)37(42)19-23-41(24-20-37)26-27-11-15-30(16-12-27)47-31-17-13-29(14-18-31)34(44)38-21-25-40(2)3/h11-18,28,32-33,43H,4-10,19-26H2,1-3H3,(H,38,44)(H,39,46)/t32-,33-/m1/s1. The monoisotopic (exact) mass is 647 g/mol. The highest BCUT2D eigenvalue weighted by atomic mass is 16.5. The fourth-order valence-corrected chi connectivity index (χ4v) is 7.26. The molecule has 0 bridgehead atoms. The van der Waals surface area contributed by atoms with Gasteiger partial charge in [-0.05, 0) is 94.1 Å². The van der Waals surface area contributed by atoms with Crippen LogP contribution in [0.2, 0.25) is 0 Å². The summed E-state index contributed by atoms with van der Waals surface area (Å²) in [5, 5.41) is 17.1. The zero-order chi connectivity index (χ0) is 33.4. The number of ether oxygens (including phenoxy) is 1. The average molecular weight is 648 g/mol. The second kappa shape index (κ2) is 16.1. The number of carbonyl (C=O) groups excluding carboxylic acids is 3. The summed E-state index contributed by atoms with van der Waals surface area (Å²) in [4.78, 5) is 46.2. The minimum absolute atomic E-state index is 0.0653. The SMILES string of the molecule is CCCCN1C(=O)[C@@H]([C@H](O)C2CCCCC2)NC(=O)C12CCN(Cc1ccc(Oc3ccc(C(=O)NCCN(C)C)cc3)cc1)CC2. The smallest absolute Gasteiger partial charge is 0.251 e. The first-order valence-electron chi connectivity index (χ1n) is 17.5. The number of likely N-dealkylation sites (N-methyl/N-ethyl adjacent to an activating group) is 1. The molecule has 10 heteroatoms. The fraction of sp³-hybridized carbons (Fsp3) is 0.595. The highest BCUT2D eigenvalue weighted by molar-refractivity contribution is 6.00. The van der Waals surface area contributed by atoms with Crippen molar-refractivity contribution < 1.29 is 24.2 Å². The molecular formula is C37H53N5O5. The highest BCUT2D eigenvalue weighted by Crippen LogP contribution is 2.36. The van der Waals surface area contributed by atoms with Crippen LogP contribution in [-0.4, -0.2) is 102 Å². The van der Waals surface area contributed by atoms with Crippen LogP contribution < -0.4 is 15.4 Å². The molecule has 0 aromatic heterocycles. The molecule has 2 aromatic rings. The molecule has 10 nitrogen and oxygen atoms in total. The van der Waals surface area contributed by atoms with Crippen molar-refractivity contribution in [1.82, 2.24) is 25.3 Å². The van der Waals surface area contributed by atoms with Gasteiger partial charge in [0.15, 0.2) is 0 Å². The van der Waals surface area contributed by atoms with Gasteiger partial charge >= 0.3 is 0 Å². The normalized spacial score (nSPS) is 21.1. The largest absolute Gasteiger partial charge is 0.457 e. The van der Waals surface area contributed by atoms with Gasteiger partial charge in [0.2, 0.25) is 11.8 Å². The summed E-state index contributed by atoms with van der Waals surface area (Å²) in [5.41, 5.74) is 0.877. The van der Waals surface area contributed by atoms with Gasteiger partial charge in [0.25, 0.3) is 5.91 Å². The van der Waals surface area contributed by atoms with Crippen molar-refractivity contribution in [1.29, 1.82) is 0 Å². The fourth-order valence-electron chi connectivity index (χ4n) is 7.26. The summed E-state index contributed by atoms with van der Waals surface area (Å²) < 4.78 is 6.02. The number of unbranched alkanes of at least 4 members (excludes halogenated alkanes) is 1. The van der Waals surface area contributed by atoms with E-state index >= 15 is 0 Å². The number of amides is 3. The van der Waals surface area contributed by atoms with Gasteiger partial charge in [-0.25, -0.2) is 0 Å². The Balaban J connectivity index is 1.15. The van der Waals surface area contributed by atoms with Gasteiger partial charge in [0, 0.05) is 44.8 Å². The second-order valence-electron chi connectivity index (χ2n) is 13.8. The Morgan fingerprint density at radius 3 is 2.28 bits per heavy atom. The van der Waals surface area contributed by atoms with E-state index in [1.54, 1.807) is 24.3 Å². The lowest BCUT2D eigenvalue weighted by atomic mass is 9.78. The van der Waals surface area contributed by atoms with Crippen molar-refractivity contribution in [2.45, 2.75) is 88.9 Å². The zero-order valence-corrected chi connectivity index (χ0v) is 28.4. The number of nitrogens with zero attached hydrogens (tertiary/aromatic N) is 3. The molecule has 1 saturated carbocycles. The minimum atomic E-state index is -0.855. The maximum atomic E-state index is 13.9. The number of piperazine rings is 1. The molecule has 1 spiro atoms. The second-order valence-corrected chi connectivity index (χ2v) is 13.8. The van der Waals surface area contributed by atoms with Gasteiger partial charge in [-0.1, -0.05) is 44.7 Å². The van der Waals surface area contributed by atoms with Crippen molar-refractivity contribution in [3.63, 3.8) is 0 Å². The molecule has 3 N–H and O–H groups in total. The summed E-state index contributed by atoms with van der Waals surface area (Å²) in [6, 6.07) is 14.3. The van der Waals surface area contributed by atoms with E-state index in [4.69, 9.17) is 4.74 Å². The molecule has 2 saturated heterocycles. The van der Waals surface area contributed by atoms with Gasteiger partial charge in [0.1, 0.15) is 23.1 Å². The minimum Gasteiger partial charge on any atom is -0.457 e. The van der Waals surface area contributed by atoms with E-state index in [0.29, 0.717) is 56.1 Å². The number of piperidine rings is 1. The van der Waals surface area contributed by atoms with E-state index in [9.17, 15) is 19.5 Å². The molecule has 5 rings (SSSR count). The number of aliphatic hydroxyl groups is 1. The van der Waals surface area contributed by atoms with Gasteiger partial charge in [-0.2, -0.15) is 0 Å². The quantitative estimate of drug-likeness (QED) is 0.299. The van der Waals surface area contributed by atoms with Crippen LogP contribution in [0.1, 0.15) is 80.6 Å². The van der Waals surface area contributed by atoms with E-state index in [1.807, 2.05) is 48.2 Å². The topological polar surface area (TPSA) is 114 Å². The molecule has 0 radical (unpaired) electrons. The lowest BCUT2D eigenvalue weighted by Crippen LogP contribution is -2.75. The summed E-state index contributed by atoms with van der Waals surface area (Å²) in [6.45, 7) is 6.15. The van der Waals surface area contributed by atoms with Crippen molar-refractivity contribution in [3.05, 3.63) is 59.7 Å². The summed E-state index contributed by atoms with van der Waals surface area (Å²) in [7, 11) is 3.94. The number of hydrogen-bond acceptors (Lipinski definition) is 7. The number of hydrogen-bond donors (Lipinski definition) is 3. The van der Waals surface area contributed by atoms with Gasteiger partial charge < -0.3 is 30.3 Å². The summed E-state index contributed by atoms with van der Waals surface area (Å²) >= 11 is 0. The van der Waals surface area contributed by atoms with Crippen LogP contribution in [0.25, 0.3) is 0 Å². The number of carbonyl (C=O) groups is 3. The van der Waals surface area contributed by atoms with E-state index < -0.39 is 17.7 Å². The number of rotatable bonds is 13. The Morgan fingerprint density at radius 2 is 1.66 bits per heavy atom. The molecule has 47 heavy (non-hydrogen) atoms.